The minimum absolute atomic E-state index is 0.119. The summed E-state index contributed by atoms with van der Waals surface area (Å²) >= 11 is 0. The van der Waals surface area contributed by atoms with Crippen LogP contribution in [0.3, 0.4) is 0 Å². The molecule has 1 saturated heterocycles. The summed E-state index contributed by atoms with van der Waals surface area (Å²) < 4.78 is 5.27. The highest BCUT2D eigenvalue weighted by atomic mass is 16.5. The van der Waals surface area contributed by atoms with E-state index in [1.165, 1.54) is 0 Å². The second-order valence-electron chi connectivity index (χ2n) is 4.07. The van der Waals surface area contributed by atoms with Crippen molar-refractivity contribution in [1.82, 2.24) is 4.90 Å². The van der Waals surface area contributed by atoms with Gasteiger partial charge in [-0.15, -0.1) is 6.58 Å². The molecule has 1 rings (SSSR count). The average molecular weight is 212 g/mol. The van der Waals surface area contributed by atoms with Crippen molar-refractivity contribution < 1.29 is 9.53 Å². The van der Waals surface area contributed by atoms with Crippen molar-refractivity contribution in [2.45, 2.75) is 12.8 Å². The van der Waals surface area contributed by atoms with Gasteiger partial charge in [0.15, 0.2) is 0 Å². The van der Waals surface area contributed by atoms with Crippen molar-refractivity contribution in [3.05, 3.63) is 12.7 Å². The van der Waals surface area contributed by atoms with E-state index >= 15 is 0 Å². The maximum absolute atomic E-state index is 12.2. The van der Waals surface area contributed by atoms with Crippen molar-refractivity contribution in [2.75, 3.05) is 33.4 Å². The summed E-state index contributed by atoms with van der Waals surface area (Å²) in [5.41, 5.74) is 5.34. The van der Waals surface area contributed by atoms with Crippen molar-refractivity contribution in [3.8, 4) is 0 Å². The molecule has 0 radical (unpaired) electrons. The Labute approximate surface area is 91.1 Å². The molecule has 0 saturated carbocycles. The van der Waals surface area contributed by atoms with Gasteiger partial charge in [-0.05, 0) is 12.8 Å². The van der Waals surface area contributed by atoms with Crippen LogP contribution < -0.4 is 5.73 Å². The zero-order valence-electron chi connectivity index (χ0n) is 9.37. The SMILES string of the molecule is C=CCN(C)C(=O)C1(CN)CCOCC1. The fourth-order valence-electron chi connectivity index (χ4n) is 1.95. The Morgan fingerprint density at radius 3 is 2.67 bits per heavy atom. The quantitative estimate of drug-likeness (QED) is 0.686. The second kappa shape index (κ2) is 5.28. The molecule has 0 aromatic heterocycles. The van der Waals surface area contributed by atoms with Gasteiger partial charge < -0.3 is 15.4 Å². The molecule has 0 unspecified atom stereocenters. The molecule has 4 nitrogen and oxygen atoms in total. The largest absolute Gasteiger partial charge is 0.381 e. The summed E-state index contributed by atoms with van der Waals surface area (Å²) in [7, 11) is 1.79. The second-order valence-corrected chi connectivity index (χ2v) is 4.07. The van der Waals surface area contributed by atoms with E-state index in [4.69, 9.17) is 10.5 Å². The van der Waals surface area contributed by atoms with Crippen LogP contribution in [0.25, 0.3) is 0 Å². The first kappa shape index (κ1) is 12.2. The third kappa shape index (κ3) is 2.58. The number of carbonyl (C=O) groups is 1. The van der Waals surface area contributed by atoms with Crippen LogP contribution in [0.15, 0.2) is 12.7 Å². The summed E-state index contributed by atoms with van der Waals surface area (Å²) in [5.74, 6) is 0.119. The zero-order valence-corrected chi connectivity index (χ0v) is 9.37. The lowest BCUT2D eigenvalue weighted by atomic mass is 9.79. The molecule has 15 heavy (non-hydrogen) atoms. The lowest BCUT2D eigenvalue weighted by molar-refractivity contribution is -0.145. The topological polar surface area (TPSA) is 55.6 Å². The van der Waals surface area contributed by atoms with E-state index in [0.29, 0.717) is 26.3 Å². The average Bonchev–Trinajstić information content (AvgIpc) is 2.29. The van der Waals surface area contributed by atoms with E-state index in [-0.39, 0.29) is 5.91 Å². The van der Waals surface area contributed by atoms with Crippen LogP contribution in [0, 0.1) is 5.41 Å². The van der Waals surface area contributed by atoms with Crippen molar-refractivity contribution >= 4 is 5.91 Å². The summed E-state index contributed by atoms with van der Waals surface area (Å²) in [6.07, 6.45) is 3.18. The fraction of sp³-hybridized carbons (Fsp3) is 0.727. The van der Waals surface area contributed by atoms with Crippen LogP contribution in [0.1, 0.15) is 12.8 Å². The fourth-order valence-corrected chi connectivity index (χ4v) is 1.95. The highest BCUT2D eigenvalue weighted by molar-refractivity contribution is 5.83. The molecule has 1 amide bonds. The molecule has 0 spiro atoms. The summed E-state index contributed by atoms with van der Waals surface area (Å²) in [5, 5.41) is 0. The van der Waals surface area contributed by atoms with E-state index in [1.54, 1.807) is 18.0 Å². The maximum atomic E-state index is 12.2. The summed E-state index contributed by atoms with van der Waals surface area (Å²) in [4.78, 5) is 13.9. The van der Waals surface area contributed by atoms with Gasteiger partial charge in [-0.25, -0.2) is 0 Å². The standard InChI is InChI=1S/C11H20N2O2/c1-3-6-13(2)10(14)11(9-12)4-7-15-8-5-11/h3H,1,4-9,12H2,2H3. The number of hydrogen-bond acceptors (Lipinski definition) is 3. The van der Waals surface area contributed by atoms with Crippen LogP contribution in [0.5, 0.6) is 0 Å². The smallest absolute Gasteiger partial charge is 0.230 e. The van der Waals surface area contributed by atoms with Crippen LogP contribution in [0.2, 0.25) is 0 Å². The first-order valence-corrected chi connectivity index (χ1v) is 5.30. The molecule has 0 aromatic rings. The number of amides is 1. The van der Waals surface area contributed by atoms with Crippen LogP contribution >= 0.6 is 0 Å². The highest BCUT2D eigenvalue weighted by Crippen LogP contribution is 2.31. The molecular weight excluding hydrogens is 192 g/mol. The van der Waals surface area contributed by atoms with Crippen molar-refractivity contribution in [1.29, 1.82) is 0 Å². The molecule has 1 fully saturated rings. The number of nitrogens with two attached hydrogens (primary N) is 1. The van der Waals surface area contributed by atoms with Gasteiger partial charge >= 0.3 is 0 Å². The Morgan fingerprint density at radius 1 is 1.60 bits per heavy atom. The third-order valence-corrected chi connectivity index (χ3v) is 3.04. The molecule has 0 atom stereocenters. The van der Waals surface area contributed by atoms with Gasteiger partial charge in [-0.2, -0.15) is 0 Å². The highest BCUT2D eigenvalue weighted by Gasteiger charge is 2.40. The first-order valence-electron chi connectivity index (χ1n) is 5.30. The maximum Gasteiger partial charge on any atom is 0.230 e. The predicted molar refractivity (Wildman–Crippen MR) is 59.4 cm³/mol. The van der Waals surface area contributed by atoms with E-state index in [1.807, 2.05) is 0 Å². The Balaban J connectivity index is 2.71. The van der Waals surface area contributed by atoms with Gasteiger partial charge in [0.2, 0.25) is 5.91 Å². The Hall–Kier alpha value is -0.870. The number of rotatable bonds is 4. The Morgan fingerprint density at radius 2 is 2.20 bits per heavy atom. The van der Waals surface area contributed by atoms with Gasteiger partial charge in [0.25, 0.3) is 0 Å². The van der Waals surface area contributed by atoms with Gasteiger partial charge in [-0.3, -0.25) is 4.79 Å². The van der Waals surface area contributed by atoms with Crippen LogP contribution in [-0.2, 0) is 9.53 Å². The first-order chi connectivity index (χ1) is 7.16. The van der Waals surface area contributed by atoms with Gasteiger partial charge in [0.05, 0.1) is 5.41 Å². The zero-order chi connectivity index (χ0) is 11.3. The molecule has 1 aliphatic heterocycles. The third-order valence-electron chi connectivity index (χ3n) is 3.04. The number of hydrogen-bond donors (Lipinski definition) is 1. The normalized spacial score (nSPS) is 19.6. The van der Waals surface area contributed by atoms with Gasteiger partial charge in [-0.1, -0.05) is 6.08 Å². The molecule has 1 heterocycles. The van der Waals surface area contributed by atoms with E-state index in [0.717, 1.165) is 12.8 Å². The minimum Gasteiger partial charge on any atom is -0.381 e. The molecule has 1 aliphatic rings. The lowest BCUT2D eigenvalue weighted by Crippen LogP contribution is -2.49. The number of carbonyl (C=O) groups excluding carboxylic acids is 1. The monoisotopic (exact) mass is 212 g/mol. The van der Waals surface area contributed by atoms with Gasteiger partial charge in [0.1, 0.15) is 0 Å². The minimum atomic E-state index is -0.407. The van der Waals surface area contributed by atoms with Crippen LogP contribution in [0.4, 0.5) is 0 Å². The van der Waals surface area contributed by atoms with Crippen molar-refractivity contribution in [2.24, 2.45) is 11.1 Å². The molecule has 0 aliphatic carbocycles. The van der Waals surface area contributed by atoms with E-state index < -0.39 is 5.41 Å². The molecule has 2 N–H and O–H groups in total. The number of likely N-dealkylation sites (N-methyl/N-ethyl adjacent to an activating group) is 1. The molecule has 0 bridgehead atoms. The molecule has 0 aromatic carbocycles. The Kier molecular flexibility index (Phi) is 4.29. The van der Waals surface area contributed by atoms with Crippen molar-refractivity contribution in [3.63, 3.8) is 0 Å². The van der Waals surface area contributed by atoms with Gasteiger partial charge in [0, 0.05) is 33.4 Å². The van der Waals surface area contributed by atoms with E-state index in [2.05, 4.69) is 6.58 Å². The lowest BCUT2D eigenvalue weighted by Gasteiger charge is -2.37. The Bertz CT molecular complexity index is 235. The predicted octanol–water partition coefficient (Wildman–Crippen LogP) is 0.386. The summed E-state index contributed by atoms with van der Waals surface area (Å²) in [6.45, 7) is 5.86. The molecule has 4 heteroatoms. The van der Waals surface area contributed by atoms with E-state index in [9.17, 15) is 4.79 Å². The molecule has 86 valence electrons. The number of nitrogens with zero attached hydrogens (tertiary/aromatic N) is 1. The van der Waals surface area contributed by atoms with Crippen LogP contribution in [-0.4, -0.2) is 44.2 Å². The summed E-state index contributed by atoms with van der Waals surface area (Å²) in [6, 6.07) is 0. The number of ether oxygens (including phenoxy) is 1. The molecular formula is C11H20N2O2.